The standard InChI is InChI=1S/C26H29FN4O3S/c1-17-9-11-18(12-10-17)23(24(34)30-26(2,3)4)31(20-8-6-5-7-19(20)27)22(33)14-13-21(32)29-25-28-15-16-35-25/h5-12,15-16,23H,13-14H2,1-4H3,(H,30,34)(H,28,29,32). The van der Waals surface area contributed by atoms with E-state index in [2.05, 4.69) is 15.6 Å². The quantitative estimate of drug-likeness (QED) is 0.459. The van der Waals surface area contributed by atoms with Gasteiger partial charge in [0, 0.05) is 30.0 Å². The Kier molecular flexibility index (Phi) is 8.34. The lowest BCUT2D eigenvalue weighted by Crippen LogP contribution is -2.49. The molecule has 0 radical (unpaired) electrons. The molecule has 7 nitrogen and oxygen atoms in total. The van der Waals surface area contributed by atoms with Gasteiger partial charge >= 0.3 is 0 Å². The number of nitrogens with zero attached hydrogens (tertiary/aromatic N) is 2. The van der Waals surface area contributed by atoms with Crippen molar-refractivity contribution in [2.45, 2.75) is 52.1 Å². The Morgan fingerprint density at radius 1 is 1.06 bits per heavy atom. The van der Waals surface area contributed by atoms with Crippen molar-refractivity contribution in [3.63, 3.8) is 0 Å². The van der Waals surface area contributed by atoms with Crippen LogP contribution < -0.4 is 15.5 Å². The Morgan fingerprint density at radius 2 is 1.74 bits per heavy atom. The number of amides is 3. The Bertz CT molecular complexity index is 1170. The number of para-hydroxylation sites is 1. The van der Waals surface area contributed by atoms with Crippen LogP contribution in [0.1, 0.15) is 50.8 Å². The van der Waals surface area contributed by atoms with Gasteiger partial charge in [-0.25, -0.2) is 9.37 Å². The van der Waals surface area contributed by atoms with E-state index in [1.165, 1.54) is 29.5 Å². The monoisotopic (exact) mass is 496 g/mol. The van der Waals surface area contributed by atoms with Gasteiger partial charge in [0.25, 0.3) is 0 Å². The fourth-order valence-electron chi connectivity index (χ4n) is 3.48. The molecule has 3 rings (SSSR count). The number of halogens is 1. The summed E-state index contributed by atoms with van der Waals surface area (Å²) in [5, 5.41) is 7.69. The summed E-state index contributed by atoms with van der Waals surface area (Å²) in [4.78, 5) is 44.6. The largest absolute Gasteiger partial charge is 0.349 e. The fraction of sp³-hybridized carbons (Fsp3) is 0.308. The lowest BCUT2D eigenvalue weighted by molar-refractivity contribution is -0.128. The molecule has 0 bridgehead atoms. The van der Waals surface area contributed by atoms with Gasteiger partial charge in [0.1, 0.15) is 11.9 Å². The summed E-state index contributed by atoms with van der Waals surface area (Å²) in [5.74, 6) is -2.05. The maximum absolute atomic E-state index is 15.0. The Labute approximate surface area is 208 Å². The van der Waals surface area contributed by atoms with E-state index in [1.807, 2.05) is 39.8 Å². The second-order valence-corrected chi connectivity index (χ2v) is 10.0. The first-order valence-electron chi connectivity index (χ1n) is 11.2. The lowest BCUT2D eigenvalue weighted by atomic mass is 9.99. The molecule has 35 heavy (non-hydrogen) atoms. The molecule has 2 N–H and O–H groups in total. The van der Waals surface area contributed by atoms with Gasteiger partial charge in [0.15, 0.2) is 5.13 Å². The molecule has 3 aromatic rings. The zero-order chi connectivity index (χ0) is 25.6. The smallest absolute Gasteiger partial charge is 0.248 e. The summed E-state index contributed by atoms with van der Waals surface area (Å²) in [6.45, 7) is 7.40. The number of carbonyl (C=O) groups is 3. The van der Waals surface area contributed by atoms with E-state index in [9.17, 15) is 18.8 Å². The summed E-state index contributed by atoms with van der Waals surface area (Å²) in [5.41, 5.74) is 0.886. The molecule has 0 fully saturated rings. The number of rotatable bonds is 8. The highest BCUT2D eigenvalue weighted by Crippen LogP contribution is 2.31. The van der Waals surface area contributed by atoms with Gasteiger partial charge in [-0.2, -0.15) is 0 Å². The number of benzene rings is 2. The predicted molar refractivity (Wildman–Crippen MR) is 136 cm³/mol. The third kappa shape index (κ3) is 7.19. The molecule has 0 aliphatic heterocycles. The predicted octanol–water partition coefficient (Wildman–Crippen LogP) is 5.00. The van der Waals surface area contributed by atoms with E-state index in [4.69, 9.17) is 0 Å². The molecule has 3 amide bonds. The normalized spacial score (nSPS) is 12.0. The molecule has 0 aliphatic carbocycles. The number of anilines is 2. The molecule has 184 valence electrons. The van der Waals surface area contributed by atoms with Crippen LogP contribution in [0, 0.1) is 12.7 Å². The third-order valence-corrected chi connectivity index (χ3v) is 5.71. The summed E-state index contributed by atoms with van der Waals surface area (Å²) >= 11 is 1.26. The number of aryl methyl sites for hydroxylation is 1. The van der Waals surface area contributed by atoms with Gasteiger partial charge in [0.2, 0.25) is 17.7 Å². The van der Waals surface area contributed by atoms with Gasteiger partial charge in [-0.05, 0) is 45.4 Å². The van der Waals surface area contributed by atoms with Crippen LogP contribution in [0.2, 0.25) is 0 Å². The Morgan fingerprint density at radius 3 is 2.34 bits per heavy atom. The van der Waals surface area contributed by atoms with E-state index in [-0.39, 0.29) is 18.5 Å². The minimum absolute atomic E-state index is 0.0348. The van der Waals surface area contributed by atoms with Gasteiger partial charge in [-0.1, -0.05) is 42.0 Å². The number of nitrogens with one attached hydrogen (secondary N) is 2. The van der Waals surface area contributed by atoms with Crippen molar-refractivity contribution in [3.05, 3.63) is 77.1 Å². The van der Waals surface area contributed by atoms with Crippen molar-refractivity contribution in [1.82, 2.24) is 10.3 Å². The van der Waals surface area contributed by atoms with E-state index >= 15 is 0 Å². The summed E-state index contributed by atoms with van der Waals surface area (Å²) in [6, 6.07) is 11.8. The summed E-state index contributed by atoms with van der Waals surface area (Å²) in [6.07, 6.45) is 1.19. The molecular formula is C26H29FN4O3S. The van der Waals surface area contributed by atoms with Gasteiger partial charge in [0.05, 0.1) is 5.69 Å². The Hall–Kier alpha value is -3.59. The number of aromatic nitrogens is 1. The second kappa shape index (κ2) is 11.2. The molecule has 9 heteroatoms. The number of hydrogen-bond acceptors (Lipinski definition) is 5. The van der Waals surface area contributed by atoms with Crippen LogP contribution in [0.3, 0.4) is 0 Å². The zero-order valence-corrected chi connectivity index (χ0v) is 21.0. The highest BCUT2D eigenvalue weighted by atomic mass is 32.1. The van der Waals surface area contributed by atoms with Crippen LogP contribution >= 0.6 is 11.3 Å². The molecule has 1 aromatic heterocycles. The minimum atomic E-state index is -1.14. The minimum Gasteiger partial charge on any atom is -0.349 e. The summed E-state index contributed by atoms with van der Waals surface area (Å²) < 4.78 is 15.0. The van der Waals surface area contributed by atoms with E-state index < -0.39 is 35.1 Å². The van der Waals surface area contributed by atoms with Crippen molar-refractivity contribution in [3.8, 4) is 0 Å². The van der Waals surface area contributed by atoms with Gasteiger partial charge in [-0.3, -0.25) is 19.3 Å². The van der Waals surface area contributed by atoms with Crippen molar-refractivity contribution < 1.29 is 18.8 Å². The molecule has 0 aliphatic rings. The number of carbonyl (C=O) groups excluding carboxylic acids is 3. The molecular weight excluding hydrogens is 467 g/mol. The van der Waals surface area contributed by atoms with Crippen LogP contribution in [0.5, 0.6) is 0 Å². The van der Waals surface area contributed by atoms with Crippen LogP contribution in [-0.2, 0) is 14.4 Å². The van der Waals surface area contributed by atoms with Crippen LogP contribution in [0.15, 0.2) is 60.1 Å². The topological polar surface area (TPSA) is 91.4 Å². The highest BCUT2D eigenvalue weighted by molar-refractivity contribution is 7.13. The third-order valence-electron chi connectivity index (χ3n) is 5.02. The molecule has 1 heterocycles. The zero-order valence-electron chi connectivity index (χ0n) is 20.2. The van der Waals surface area contributed by atoms with E-state index in [0.29, 0.717) is 10.7 Å². The first-order chi connectivity index (χ1) is 16.5. The number of thiazole rings is 1. The maximum atomic E-state index is 15.0. The summed E-state index contributed by atoms with van der Waals surface area (Å²) in [7, 11) is 0. The lowest BCUT2D eigenvalue weighted by Gasteiger charge is -2.34. The SMILES string of the molecule is Cc1ccc(C(C(=O)NC(C)(C)C)N(C(=O)CCC(=O)Nc2nccs2)c2ccccc2F)cc1. The second-order valence-electron chi connectivity index (χ2n) is 9.15. The average Bonchev–Trinajstić information content (AvgIpc) is 3.29. The molecule has 0 saturated heterocycles. The molecule has 0 saturated carbocycles. The number of hydrogen-bond donors (Lipinski definition) is 2. The van der Waals surface area contributed by atoms with Crippen molar-refractivity contribution in [1.29, 1.82) is 0 Å². The van der Waals surface area contributed by atoms with Crippen molar-refractivity contribution in [2.75, 3.05) is 10.2 Å². The fourth-order valence-corrected chi connectivity index (χ4v) is 4.02. The van der Waals surface area contributed by atoms with Crippen LogP contribution in [-0.4, -0.2) is 28.2 Å². The van der Waals surface area contributed by atoms with Crippen LogP contribution in [0.25, 0.3) is 0 Å². The van der Waals surface area contributed by atoms with Crippen molar-refractivity contribution in [2.24, 2.45) is 0 Å². The average molecular weight is 497 g/mol. The first-order valence-corrected chi connectivity index (χ1v) is 12.1. The first kappa shape index (κ1) is 26.0. The van der Waals surface area contributed by atoms with Crippen molar-refractivity contribution >= 4 is 39.9 Å². The molecule has 2 aromatic carbocycles. The molecule has 1 atom stereocenters. The highest BCUT2D eigenvalue weighted by Gasteiger charge is 2.35. The Balaban J connectivity index is 1.97. The van der Waals surface area contributed by atoms with Gasteiger partial charge in [-0.15, -0.1) is 11.3 Å². The van der Waals surface area contributed by atoms with Crippen LogP contribution in [0.4, 0.5) is 15.2 Å². The van der Waals surface area contributed by atoms with E-state index in [1.54, 1.807) is 29.8 Å². The maximum Gasteiger partial charge on any atom is 0.248 e. The molecule has 1 unspecified atom stereocenters. The van der Waals surface area contributed by atoms with Gasteiger partial charge < -0.3 is 10.6 Å². The van der Waals surface area contributed by atoms with E-state index in [0.717, 1.165) is 10.5 Å². The molecule has 0 spiro atoms.